The van der Waals surface area contributed by atoms with Crippen molar-refractivity contribution in [3.05, 3.63) is 44.3 Å². The van der Waals surface area contributed by atoms with Crippen LogP contribution in [0.15, 0.2) is 29.0 Å². The van der Waals surface area contributed by atoms with Crippen molar-refractivity contribution >= 4 is 40.2 Å². The first kappa shape index (κ1) is 12.2. The maximum atomic E-state index is 12.0. The van der Waals surface area contributed by atoms with Gasteiger partial charge in [-0.15, -0.1) is 34.3 Å². The van der Waals surface area contributed by atoms with Gasteiger partial charge >= 0.3 is 0 Å². The van der Waals surface area contributed by atoms with Crippen LogP contribution in [0.2, 0.25) is 0 Å². The molecule has 1 atom stereocenters. The van der Waals surface area contributed by atoms with E-state index in [0.717, 1.165) is 13.0 Å². The number of rotatable bonds is 2. The number of hydrogen-bond donors (Lipinski definition) is 0. The van der Waals surface area contributed by atoms with Crippen LogP contribution in [-0.2, 0) is 11.2 Å². The standard InChI is InChI=1S/C13H12ClNOS2/c14-8-12(16)15-5-3-10-9(4-7-18-10)13(15)11-2-1-6-17-11/h1-2,4,6-7,13H,3,5,8H2/t13-/m0/s1. The van der Waals surface area contributed by atoms with Gasteiger partial charge in [0.1, 0.15) is 5.88 Å². The Morgan fingerprint density at radius 3 is 3.00 bits per heavy atom. The lowest BCUT2D eigenvalue weighted by Crippen LogP contribution is -2.40. The average Bonchev–Trinajstić information content (AvgIpc) is 3.07. The average molecular weight is 298 g/mol. The van der Waals surface area contributed by atoms with Gasteiger partial charge in [0.15, 0.2) is 0 Å². The van der Waals surface area contributed by atoms with Crippen molar-refractivity contribution in [2.75, 3.05) is 12.4 Å². The summed E-state index contributed by atoms with van der Waals surface area (Å²) in [5, 5.41) is 4.17. The number of nitrogens with zero attached hydrogens (tertiary/aromatic N) is 1. The van der Waals surface area contributed by atoms with E-state index in [1.54, 1.807) is 22.7 Å². The number of halogens is 1. The quantitative estimate of drug-likeness (QED) is 0.777. The predicted molar refractivity (Wildman–Crippen MR) is 76.6 cm³/mol. The molecule has 5 heteroatoms. The minimum atomic E-state index is 0.0203. The molecule has 0 unspecified atom stereocenters. The molecular weight excluding hydrogens is 286 g/mol. The summed E-state index contributed by atoms with van der Waals surface area (Å²) in [6.45, 7) is 0.766. The Balaban J connectivity index is 2.05. The van der Waals surface area contributed by atoms with Gasteiger partial charge in [-0.2, -0.15) is 0 Å². The van der Waals surface area contributed by atoms with Crippen LogP contribution >= 0.6 is 34.3 Å². The van der Waals surface area contributed by atoms with Crippen LogP contribution in [0.5, 0.6) is 0 Å². The number of alkyl halides is 1. The minimum absolute atomic E-state index is 0.0203. The molecular formula is C13H12ClNOS2. The summed E-state index contributed by atoms with van der Waals surface area (Å²) in [6.07, 6.45) is 0.942. The summed E-state index contributed by atoms with van der Waals surface area (Å²) >= 11 is 9.21. The molecule has 1 amide bonds. The van der Waals surface area contributed by atoms with Crippen LogP contribution in [0.3, 0.4) is 0 Å². The lowest BCUT2D eigenvalue weighted by atomic mass is 9.98. The van der Waals surface area contributed by atoms with Gasteiger partial charge in [0.2, 0.25) is 5.91 Å². The van der Waals surface area contributed by atoms with Crippen molar-refractivity contribution in [2.24, 2.45) is 0 Å². The fraction of sp³-hybridized carbons (Fsp3) is 0.308. The molecule has 0 bridgehead atoms. The van der Waals surface area contributed by atoms with Crippen molar-refractivity contribution < 1.29 is 4.79 Å². The van der Waals surface area contributed by atoms with Gasteiger partial charge in [-0.25, -0.2) is 0 Å². The molecule has 94 valence electrons. The smallest absolute Gasteiger partial charge is 0.238 e. The highest BCUT2D eigenvalue weighted by atomic mass is 35.5. The Morgan fingerprint density at radius 2 is 2.28 bits per heavy atom. The molecule has 2 nitrogen and oxygen atoms in total. The summed E-state index contributed by atoms with van der Waals surface area (Å²) in [5.41, 5.74) is 1.27. The Morgan fingerprint density at radius 1 is 1.39 bits per heavy atom. The van der Waals surface area contributed by atoms with E-state index in [-0.39, 0.29) is 17.8 Å². The van der Waals surface area contributed by atoms with Gasteiger partial charge in [0.05, 0.1) is 6.04 Å². The Bertz CT molecular complexity index is 549. The summed E-state index contributed by atoms with van der Waals surface area (Å²) in [4.78, 5) is 16.5. The molecule has 3 heterocycles. The van der Waals surface area contributed by atoms with Crippen molar-refractivity contribution in [2.45, 2.75) is 12.5 Å². The van der Waals surface area contributed by atoms with Gasteiger partial charge in [-0.3, -0.25) is 4.79 Å². The molecule has 0 saturated carbocycles. The number of carbonyl (C=O) groups is 1. The van der Waals surface area contributed by atoms with E-state index in [9.17, 15) is 4.79 Å². The third kappa shape index (κ3) is 1.98. The van der Waals surface area contributed by atoms with E-state index in [0.29, 0.717) is 0 Å². The van der Waals surface area contributed by atoms with Crippen molar-refractivity contribution in [1.82, 2.24) is 4.90 Å². The van der Waals surface area contributed by atoms with Gasteiger partial charge < -0.3 is 4.90 Å². The van der Waals surface area contributed by atoms with Crippen LogP contribution < -0.4 is 0 Å². The Kier molecular flexibility index (Phi) is 3.41. The third-order valence-electron chi connectivity index (χ3n) is 3.21. The van der Waals surface area contributed by atoms with E-state index in [2.05, 4.69) is 22.9 Å². The van der Waals surface area contributed by atoms with Crippen LogP contribution in [0.25, 0.3) is 0 Å². The van der Waals surface area contributed by atoms with Crippen LogP contribution in [0.1, 0.15) is 21.4 Å². The molecule has 0 aliphatic carbocycles. The van der Waals surface area contributed by atoms with Gasteiger partial charge in [-0.1, -0.05) is 6.07 Å². The molecule has 3 rings (SSSR count). The van der Waals surface area contributed by atoms with E-state index < -0.39 is 0 Å². The number of thiophene rings is 2. The normalized spacial score (nSPS) is 18.7. The molecule has 0 N–H and O–H groups in total. The third-order valence-corrected chi connectivity index (χ3v) is 5.36. The molecule has 0 fully saturated rings. The zero-order valence-electron chi connectivity index (χ0n) is 9.64. The zero-order valence-corrected chi connectivity index (χ0v) is 12.0. The maximum absolute atomic E-state index is 12.0. The topological polar surface area (TPSA) is 20.3 Å². The molecule has 0 radical (unpaired) electrons. The predicted octanol–water partition coefficient (Wildman–Crippen LogP) is 3.52. The summed E-state index contributed by atoms with van der Waals surface area (Å²) in [6, 6.07) is 6.32. The van der Waals surface area contributed by atoms with Crippen LogP contribution in [0.4, 0.5) is 0 Å². The first-order valence-corrected chi connectivity index (χ1v) is 8.05. The van der Waals surface area contributed by atoms with Gasteiger partial charge in [0, 0.05) is 16.3 Å². The molecule has 18 heavy (non-hydrogen) atoms. The van der Waals surface area contributed by atoms with Crippen LogP contribution in [0, 0.1) is 0 Å². The fourth-order valence-electron chi connectivity index (χ4n) is 2.42. The first-order chi connectivity index (χ1) is 8.81. The Hall–Kier alpha value is -0.840. The second kappa shape index (κ2) is 5.03. The van der Waals surface area contributed by atoms with E-state index >= 15 is 0 Å². The fourth-order valence-corrected chi connectivity index (χ4v) is 4.33. The second-order valence-corrected chi connectivity index (χ2v) is 6.44. The highest BCUT2D eigenvalue weighted by Crippen LogP contribution is 2.39. The molecule has 2 aromatic heterocycles. The van der Waals surface area contributed by atoms with E-state index in [1.807, 2.05) is 11.0 Å². The highest BCUT2D eigenvalue weighted by molar-refractivity contribution is 7.10. The molecule has 2 aromatic rings. The van der Waals surface area contributed by atoms with Crippen molar-refractivity contribution in [1.29, 1.82) is 0 Å². The number of carbonyl (C=O) groups excluding carboxylic acids is 1. The monoisotopic (exact) mass is 297 g/mol. The summed E-state index contributed by atoms with van der Waals surface area (Å²) < 4.78 is 0. The second-order valence-electron chi connectivity index (χ2n) is 4.19. The lowest BCUT2D eigenvalue weighted by Gasteiger charge is -2.35. The van der Waals surface area contributed by atoms with Crippen molar-refractivity contribution in [3.8, 4) is 0 Å². The molecule has 0 aromatic carbocycles. The van der Waals surface area contributed by atoms with E-state index in [1.165, 1.54) is 15.3 Å². The summed E-state index contributed by atoms with van der Waals surface area (Å²) in [7, 11) is 0. The minimum Gasteiger partial charge on any atom is -0.329 e. The molecule has 0 saturated heterocycles. The number of amides is 1. The molecule has 1 aliphatic rings. The highest BCUT2D eigenvalue weighted by Gasteiger charge is 2.32. The van der Waals surface area contributed by atoms with Gasteiger partial charge in [-0.05, 0) is 34.9 Å². The maximum Gasteiger partial charge on any atom is 0.238 e. The molecule has 1 aliphatic heterocycles. The van der Waals surface area contributed by atoms with Crippen LogP contribution in [-0.4, -0.2) is 23.2 Å². The first-order valence-electron chi connectivity index (χ1n) is 5.76. The van der Waals surface area contributed by atoms with Crippen molar-refractivity contribution in [3.63, 3.8) is 0 Å². The SMILES string of the molecule is O=C(CCl)N1CCc2sccc2[C@H]1c1cccs1. The largest absolute Gasteiger partial charge is 0.329 e. The number of fused-ring (bicyclic) bond motifs is 1. The van der Waals surface area contributed by atoms with E-state index in [4.69, 9.17) is 11.6 Å². The van der Waals surface area contributed by atoms with Gasteiger partial charge in [0.25, 0.3) is 0 Å². The molecule has 0 spiro atoms. The Labute approximate surface area is 119 Å². The number of hydrogen-bond acceptors (Lipinski definition) is 3. The lowest BCUT2D eigenvalue weighted by molar-refractivity contribution is -0.130. The summed E-state index contributed by atoms with van der Waals surface area (Å²) in [5.74, 6) is 0.0772. The zero-order chi connectivity index (χ0) is 12.5.